The normalized spacial score (nSPS) is 16.4. The molecule has 23 heavy (non-hydrogen) atoms. The van der Waals surface area contributed by atoms with Gasteiger partial charge in [0.15, 0.2) is 0 Å². The Balaban J connectivity index is 2.06. The lowest BCUT2D eigenvalue weighted by atomic mass is 9.93. The third-order valence-corrected chi connectivity index (χ3v) is 4.33. The summed E-state index contributed by atoms with van der Waals surface area (Å²) in [5.41, 5.74) is -4.59. The van der Waals surface area contributed by atoms with Crippen molar-refractivity contribution in [1.82, 2.24) is 9.88 Å². The van der Waals surface area contributed by atoms with Gasteiger partial charge in [-0.3, -0.25) is 9.59 Å². The lowest BCUT2D eigenvalue weighted by molar-refractivity contribution is -0.138. The van der Waals surface area contributed by atoms with Crippen molar-refractivity contribution in [3.05, 3.63) is 23.9 Å². The number of hydrogen-bond donors (Lipinski definition) is 1. The number of piperidine rings is 1. The van der Waals surface area contributed by atoms with Crippen molar-refractivity contribution >= 4 is 23.6 Å². The molecule has 0 atom stereocenters. The van der Waals surface area contributed by atoms with Crippen LogP contribution in [0.2, 0.25) is 0 Å². The van der Waals surface area contributed by atoms with Crippen LogP contribution in [0.25, 0.3) is 0 Å². The first-order valence-corrected chi connectivity index (χ1v) is 7.80. The number of carbonyl (C=O) groups is 2. The number of alkyl halides is 3. The molecule has 2 rings (SSSR count). The van der Waals surface area contributed by atoms with Gasteiger partial charge in [0.05, 0.1) is 5.56 Å². The van der Waals surface area contributed by atoms with E-state index in [4.69, 9.17) is 5.11 Å². The van der Waals surface area contributed by atoms with Gasteiger partial charge < -0.3 is 10.0 Å². The minimum atomic E-state index is -4.52. The van der Waals surface area contributed by atoms with Gasteiger partial charge in [-0.1, -0.05) is 0 Å². The van der Waals surface area contributed by atoms with Crippen molar-refractivity contribution < 1.29 is 27.9 Å². The van der Waals surface area contributed by atoms with Crippen molar-refractivity contribution in [2.24, 2.45) is 5.92 Å². The van der Waals surface area contributed by atoms with E-state index in [1.807, 2.05) is 0 Å². The molecule has 1 aliphatic heterocycles. The molecule has 1 aliphatic rings. The molecule has 1 amide bonds. The van der Waals surface area contributed by atoms with E-state index in [1.54, 1.807) is 0 Å². The Morgan fingerprint density at radius 1 is 1.35 bits per heavy atom. The number of pyridine rings is 1. The number of nitrogens with zero attached hydrogens (tertiary/aromatic N) is 2. The Bertz CT molecular complexity index is 587. The van der Waals surface area contributed by atoms with Crippen molar-refractivity contribution in [1.29, 1.82) is 0 Å². The number of thioether (sulfide) groups is 1. The Kier molecular flexibility index (Phi) is 5.51. The van der Waals surface area contributed by atoms with Gasteiger partial charge in [-0.05, 0) is 30.9 Å². The van der Waals surface area contributed by atoms with Crippen LogP contribution in [-0.4, -0.2) is 45.5 Å². The minimum absolute atomic E-state index is 0.00512. The second-order valence-electron chi connectivity index (χ2n) is 5.24. The van der Waals surface area contributed by atoms with Crippen LogP contribution < -0.4 is 0 Å². The molecule has 126 valence electrons. The van der Waals surface area contributed by atoms with Crippen LogP contribution in [0, 0.1) is 5.92 Å². The van der Waals surface area contributed by atoms with E-state index >= 15 is 0 Å². The van der Waals surface area contributed by atoms with Gasteiger partial charge in [-0.25, -0.2) is 4.98 Å². The lowest BCUT2D eigenvalue weighted by Gasteiger charge is -2.31. The first-order chi connectivity index (χ1) is 10.8. The summed E-state index contributed by atoms with van der Waals surface area (Å²) in [5, 5.41) is 8.40. The monoisotopic (exact) mass is 348 g/mol. The maximum absolute atomic E-state index is 12.5. The lowest BCUT2D eigenvalue weighted by Crippen LogP contribution is -2.39. The molecule has 0 bridgehead atoms. The number of carboxylic acid groups (broad SMARTS) is 1. The first-order valence-electron chi connectivity index (χ1n) is 6.98. The molecule has 5 nitrogen and oxygen atoms in total. The molecule has 2 heterocycles. The molecule has 0 unspecified atom stereocenters. The fraction of sp³-hybridized carbons (Fsp3) is 0.500. The van der Waals surface area contributed by atoms with Gasteiger partial charge in [-0.15, -0.1) is 0 Å². The molecular weight excluding hydrogens is 333 g/mol. The number of likely N-dealkylation sites (tertiary alicyclic amines) is 1. The summed E-state index contributed by atoms with van der Waals surface area (Å²) < 4.78 is 37.6. The molecule has 0 aliphatic carbocycles. The van der Waals surface area contributed by atoms with Crippen LogP contribution in [0.3, 0.4) is 0 Å². The van der Waals surface area contributed by atoms with E-state index in [0.29, 0.717) is 25.9 Å². The maximum Gasteiger partial charge on any atom is 0.447 e. The van der Waals surface area contributed by atoms with Gasteiger partial charge in [0.25, 0.3) is 5.91 Å². The predicted octanol–water partition coefficient (Wildman–Crippen LogP) is 3.02. The fourth-order valence-corrected chi connectivity index (χ4v) is 3.10. The second kappa shape index (κ2) is 7.20. The Hall–Kier alpha value is -1.77. The van der Waals surface area contributed by atoms with Crippen molar-refractivity contribution in [3.63, 3.8) is 0 Å². The minimum Gasteiger partial charge on any atom is -0.481 e. The number of amides is 1. The van der Waals surface area contributed by atoms with Crippen molar-refractivity contribution in [2.75, 3.05) is 13.1 Å². The van der Waals surface area contributed by atoms with E-state index in [9.17, 15) is 22.8 Å². The number of halogens is 3. The van der Waals surface area contributed by atoms with Gasteiger partial charge in [-0.2, -0.15) is 13.2 Å². The topological polar surface area (TPSA) is 70.5 Å². The zero-order chi connectivity index (χ0) is 17.0. The van der Waals surface area contributed by atoms with E-state index in [2.05, 4.69) is 4.98 Å². The van der Waals surface area contributed by atoms with Crippen molar-refractivity contribution in [2.45, 2.75) is 29.8 Å². The van der Waals surface area contributed by atoms with Crippen LogP contribution in [0.1, 0.15) is 29.6 Å². The number of hydrogen-bond acceptors (Lipinski definition) is 4. The zero-order valence-corrected chi connectivity index (χ0v) is 12.9. The summed E-state index contributed by atoms with van der Waals surface area (Å²) in [6.45, 7) is 0.670. The van der Waals surface area contributed by atoms with Crippen LogP contribution in [-0.2, 0) is 4.79 Å². The highest BCUT2D eigenvalue weighted by atomic mass is 32.2. The second-order valence-corrected chi connectivity index (χ2v) is 6.29. The number of aromatic nitrogens is 1. The molecule has 1 aromatic heterocycles. The summed E-state index contributed by atoms with van der Waals surface area (Å²) in [6.07, 6.45) is 2.31. The largest absolute Gasteiger partial charge is 0.481 e. The Morgan fingerprint density at radius 3 is 2.57 bits per heavy atom. The molecule has 1 fully saturated rings. The van der Waals surface area contributed by atoms with Crippen molar-refractivity contribution in [3.8, 4) is 0 Å². The Morgan fingerprint density at radius 2 is 2.00 bits per heavy atom. The molecule has 0 aromatic carbocycles. The predicted molar refractivity (Wildman–Crippen MR) is 77.0 cm³/mol. The molecule has 1 aromatic rings. The number of carbonyl (C=O) groups excluding carboxylic acids is 1. The van der Waals surface area contributed by atoms with Crippen LogP contribution in [0.5, 0.6) is 0 Å². The highest BCUT2D eigenvalue weighted by Crippen LogP contribution is 2.37. The van der Waals surface area contributed by atoms with E-state index in [-0.39, 0.29) is 22.9 Å². The van der Waals surface area contributed by atoms with Gasteiger partial charge in [0.2, 0.25) is 0 Å². The maximum atomic E-state index is 12.5. The van der Waals surface area contributed by atoms with Crippen LogP contribution in [0.15, 0.2) is 23.4 Å². The number of carboxylic acids is 1. The SMILES string of the molecule is O=C(O)CC1CCN(C(=O)c2cccnc2SC(F)(F)F)CC1. The van der Waals surface area contributed by atoms with E-state index < -0.39 is 29.1 Å². The molecule has 0 saturated carbocycles. The van der Waals surface area contributed by atoms with Gasteiger partial charge >= 0.3 is 11.5 Å². The van der Waals surface area contributed by atoms with E-state index in [0.717, 1.165) is 0 Å². The number of aliphatic carboxylic acids is 1. The highest BCUT2D eigenvalue weighted by molar-refractivity contribution is 8.00. The van der Waals surface area contributed by atoms with Crippen LogP contribution in [0.4, 0.5) is 13.2 Å². The smallest absolute Gasteiger partial charge is 0.447 e. The quantitative estimate of drug-likeness (QED) is 0.847. The molecule has 1 N–H and O–H groups in total. The molecular formula is C14H15F3N2O3S. The molecule has 9 heteroatoms. The van der Waals surface area contributed by atoms with E-state index in [1.165, 1.54) is 23.2 Å². The summed E-state index contributed by atoms with van der Waals surface area (Å²) >= 11 is -0.408. The first kappa shape index (κ1) is 17.6. The fourth-order valence-electron chi connectivity index (χ4n) is 2.50. The van der Waals surface area contributed by atoms with Gasteiger partial charge in [0, 0.05) is 37.5 Å². The third kappa shape index (κ3) is 5.12. The highest BCUT2D eigenvalue weighted by Gasteiger charge is 2.33. The molecule has 0 spiro atoms. The zero-order valence-electron chi connectivity index (χ0n) is 12.0. The van der Waals surface area contributed by atoms with Gasteiger partial charge in [0.1, 0.15) is 5.03 Å². The molecule has 0 radical (unpaired) electrons. The average molecular weight is 348 g/mol. The summed E-state index contributed by atoms with van der Waals surface area (Å²) in [6, 6.07) is 2.75. The third-order valence-electron chi connectivity index (χ3n) is 3.58. The summed E-state index contributed by atoms with van der Waals surface area (Å²) in [5.74, 6) is -1.39. The van der Waals surface area contributed by atoms with Crippen LogP contribution >= 0.6 is 11.8 Å². The summed E-state index contributed by atoms with van der Waals surface area (Å²) in [7, 11) is 0. The average Bonchev–Trinajstić information content (AvgIpc) is 2.45. The summed E-state index contributed by atoms with van der Waals surface area (Å²) in [4.78, 5) is 28.2. The Labute approximate surface area is 134 Å². The number of rotatable bonds is 4. The standard InChI is InChI=1S/C14H15F3N2O3S/c15-14(16,17)23-12-10(2-1-5-18-12)13(22)19-6-3-9(4-7-19)8-11(20)21/h1-2,5,9H,3-4,6-8H2,(H,20,21). The molecule has 1 saturated heterocycles.